The van der Waals surface area contributed by atoms with Crippen molar-refractivity contribution in [2.75, 3.05) is 59.0 Å². The molecule has 1 heterocycles. The Hall–Kier alpha value is -4.19. The van der Waals surface area contributed by atoms with Crippen molar-refractivity contribution in [2.45, 2.75) is 13.5 Å². The highest BCUT2D eigenvalue weighted by molar-refractivity contribution is 6.38. The Kier molecular flexibility index (Phi) is 15.3. The number of amides is 3. The molecule has 0 aliphatic carbocycles. The molecule has 13 heteroatoms. The van der Waals surface area contributed by atoms with Crippen LogP contribution in [0.3, 0.4) is 0 Å². The van der Waals surface area contributed by atoms with Crippen LogP contribution in [0, 0.1) is 6.92 Å². The van der Waals surface area contributed by atoms with E-state index in [1.807, 2.05) is 37.3 Å². The van der Waals surface area contributed by atoms with Crippen molar-refractivity contribution in [3.05, 3.63) is 105 Å². The number of rotatable bonds is 15. The van der Waals surface area contributed by atoms with E-state index in [1.165, 1.54) is 11.0 Å². The van der Waals surface area contributed by atoms with Crippen LogP contribution in [0.2, 0.25) is 10.0 Å². The van der Waals surface area contributed by atoms with Gasteiger partial charge < -0.3 is 29.3 Å². The Labute approximate surface area is 302 Å². The van der Waals surface area contributed by atoms with Gasteiger partial charge in [-0.15, -0.1) is 12.4 Å². The number of nitrogens with one attached hydrogen (secondary N) is 1. The molecule has 0 saturated carbocycles. The van der Waals surface area contributed by atoms with E-state index in [0.717, 1.165) is 16.6 Å². The number of carbonyl (C=O) groups excluding carboxylic acids is 3. The zero-order valence-electron chi connectivity index (χ0n) is 27.7. The molecule has 10 nitrogen and oxygen atoms in total. The van der Waals surface area contributed by atoms with E-state index >= 15 is 0 Å². The molecule has 0 atom stereocenters. The molecule has 0 aliphatic heterocycles. The lowest BCUT2D eigenvalue weighted by atomic mass is 10.1. The first-order valence-corrected chi connectivity index (χ1v) is 15.9. The average Bonchev–Trinajstić information content (AvgIpc) is 3.09. The minimum atomic E-state index is -0.461. The van der Waals surface area contributed by atoms with Crippen molar-refractivity contribution in [1.82, 2.24) is 15.2 Å². The quantitative estimate of drug-likeness (QED) is 0.142. The minimum absolute atomic E-state index is 0. The molecular weight excluding hydrogens is 691 g/mol. The molecule has 0 bridgehead atoms. The van der Waals surface area contributed by atoms with Crippen LogP contribution in [0.15, 0.2) is 72.8 Å². The van der Waals surface area contributed by atoms with Gasteiger partial charge in [-0.1, -0.05) is 53.5 Å². The third-order valence-corrected chi connectivity index (χ3v) is 8.29. The number of para-hydroxylation sites is 1. The van der Waals surface area contributed by atoms with Crippen LogP contribution in [0.4, 0.5) is 5.69 Å². The van der Waals surface area contributed by atoms with E-state index in [0.29, 0.717) is 59.5 Å². The molecular formula is C36H39Cl3N4O6. The van der Waals surface area contributed by atoms with E-state index in [2.05, 4.69) is 10.3 Å². The topological polar surface area (TPSA) is 110 Å². The summed E-state index contributed by atoms with van der Waals surface area (Å²) in [6.45, 7) is 3.41. The first-order valence-electron chi connectivity index (χ1n) is 15.2. The van der Waals surface area contributed by atoms with E-state index in [1.54, 1.807) is 68.6 Å². The molecule has 1 N–H and O–H groups in total. The standard InChI is InChI=1S/C36H38Cl2N4O6.ClH/c1-24-8-12-26-6-5-7-31(35(26)40-24)48-23-28-29(37)15-16-30(34(28)38)41(2)33(44)22-39-32(43)17-11-25-9-13-27(14-10-25)36(45)42(18-20-46-3)19-21-47-4;/h5-17H,18-23H2,1-4H3,(H,39,43);1H. The van der Waals surface area contributed by atoms with Crippen molar-refractivity contribution in [1.29, 1.82) is 0 Å². The van der Waals surface area contributed by atoms with Gasteiger partial charge in [0.15, 0.2) is 0 Å². The van der Waals surface area contributed by atoms with E-state index < -0.39 is 11.8 Å². The number of aromatic nitrogens is 1. The van der Waals surface area contributed by atoms with Gasteiger partial charge in [0.2, 0.25) is 11.8 Å². The van der Waals surface area contributed by atoms with Gasteiger partial charge in [0, 0.05) is 67.7 Å². The number of pyridine rings is 1. The summed E-state index contributed by atoms with van der Waals surface area (Å²) in [5, 5.41) is 4.19. The molecule has 0 aliphatic rings. The van der Waals surface area contributed by atoms with Gasteiger partial charge in [0.05, 0.1) is 30.5 Å². The Bertz CT molecular complexity index is 1780. The highest BCUT2D eigenvalue weighted by Gasteiger charge is 2.20. The zero-order valence-corrected chi connectivity index (χ0v) is 30.0. The summed E-state index contributed by atoms with van der Waals surface area (Å²) >= 11 is 13.2. The number of halogens is 3. The van der Waals surface area contributed by atoms with Gasteiger partial charge in [0.25, 0.3) is 5.91 Å². The van der Waals surface area contributed by atoms with Crippen LogP contribution in [0.25, 0.3) is 17.0 Å². The molecule has 3 amide bonds. The lowest BCUT2D eigenvalue weighted by Crippen LogP contribution is -2.37. The second-order valence-corrected chi connectivity index (χ2v) is 11.6. The molecule has 0 fully saturated rings. The number of nitrogens with zero attached hydrogens (tertiary/aromatic N) is 3. The zero-order chi connectivity index (χ0) is 34.6. The van der Waals surface area contributed by atoms with Crippen LogP contribution in [0.5, 0.6) is 5.75 Å². The summed E-state index contributed by atoms with van der Waals surface area (Å²) in [7, 11) is 4.73. The number of hydrogen-bond acceptors (Lipinski definition) is 7. The van der Waals surface area contributed by atoms with Gasteiger partial charge >= 0.3 is 0 Å². The molecule has 260 valence electrons. The van der Waals surface area contributed by atoms with Crippen molar-refractivity contribution in [2.24, 2.45) is 0 Å². The maximum absolute atomic E-state index is 13.0. The van der Waals surface area contributed by atoms with Crippen molar-refractivity contribution < 1.29 is 28.6 Å². The third kappa shape index (κ3) is 10.6. The number of anilines is 1. The van der Waals surface area contributed by atoms with Gasteiger partial charge in [-0.2, -0.15) is 0 Å². The van der Waals surface area contributed by atoms with Crippen LogP contribution in [0.1, 0.15) is 27.2 Å². The second-order valence-electron chi connectivity index (χ2n) is 10.8. The molecule has 4 rings (SSSR count). The summed E-state index contributed by atoms with van der Waals surface area (Å²) in [5.74, 6) is -0.410. The fraction of sp³-hybridized carbons (Fsp3) is 0.278. The van der Waals surface area contributed by atoms with Crippen LogP contribution in [-0.2, 0) is 25.7 Å². The SMILES string of the molecule is COCCN(CCOC)C(=O)c1ccc(C=CC(=O)NCC(=O)N(C)c2ccc(Cl)c(COc3cccc4ccc(C)nc34)c2Cl)cc1.Cl. The Balaban J connectivity index is 0.00000650. The second kappa shape index (κ2) is 19.1. The van der Waals surface area contributed by atoms with Gasteiger partial charge in [-0.3, -0.25) is 14.4 Å². The fourth-order valence-corrected chi connectivity index (χ4v) is 5.35. The first kappa shape index (κ1) is 39.3. The lowest BCUT2D eigenvalue weighted by Gasteiger charge is -2.22. The number of likely N-dealkylation sites (N-methyl/N-ethyl adjacent to an activating group) is 1. The lowest BCUT2D eigenvalue weighted by molar-refractivity contribution is -0.122. The Morgan fingerprint density at radius 1 is 0.918 bits per heavy atom. The summed E-state index contributed by atoms with van der Waals surface area (Å²) in [4.78, 5) is 46.1. The number of methoxy groups -OCH3 is 2. The van der Waals surface area contributed by atoms with Gasteiger partial charge in [-0.05, 0) is 55.0 Å². The summed E-state index contributed by atoms with van der Waals surface area (Å²) in [6, 6.07) is 19.7. The Morgan fingerprint density at radius 3 is 2.29 bits per heavy atom. The molecule has 3 aromatic carbocycles. The molecule has 4 aromatic rings. The highest BCUT2D eigenvalue weighted by atomic mass is 35.5. The van der Waals surface area contributed by atoms with E-state index in [9.17, 15) is 14.4 Å². The number of aryl methyl sites for hydroxylation is 1. The van der Waals surface area contributed by atoms with Gasteiger partial charge in [0.1, 0.15) is 17.9 Å². The minimum Gasteiger partial charge on any atom is -0.487 e. The smallest absolute Gasteiger partial charge is 0.254 e. The van der Waals surface area contributed by atoms with Gasteiger partial charge in [-0.25, -0.2) is 4.98 Å². The largest absolute Gasteiger partial charge is 0.487 e. The fourth-order valence-electron chi connectivity index (χ4n) is 4.74. The molecule has 0 saturated heterocycles. The summed E-state index contributed by atoms with van der Waals surface area (Å²) in [6.07, 6.45) is 2.92. The summed E-state index contributed by atoms with van der Waals surface area (Å²) in [5.41, 5.74) is 3.73. The van der Waals surface area contributed by atoms with Crippen LogP contribution < -0.4 is 15.0 Å². The molecule has 0 unspecified atom stereocenters. The average molecular weight is 730 g/mol. The Morgan fingerprint density at radius 2 is 1.61 bits per heavy atom. The number of hydrogen-bond donors (Lipinski definition) is 1. The summed E-state index contributed by atoms with van der Waals surface area (Å²) < 4.78 is 16.3. The highest BCUT2D eigenvalue weighted by Crippen LogP contribution is 2.35. The molecule has 1 aromatic heterocycles. The normalized spacial score (nSPS) is 10.9. The first-order chi connectivity index (χ1) is 23.1. The van der Waals surface area contributed by atoms with Crippen molar-refractivity contribution >= 4 is 76.0 Å². The van der Waals surface area contributed by atoms with Crippen molar-refractivity contribution in [3.8, 4) is 5.75 Å². The molecule has 49 heavy (non-hydrogen) atoms. The van der Waals surface area contributed by atoms with Crippen LogP contribution in [-0.4, -0.2) is 81.7 Å². The predicted octanol–water partition coefficient (Wildman–Crippen LogP) is 6.38. The third-order valence-electron chi connectivity index (χ3n) is 7.51. The monoisotopic (exact) mass is 728 g/mol. The number of carbonyl (C=O) groups is 3. The van der Waals surface area contributed by atoms with E-state index in [4.69, 9.17) is 37.4 Å². The van der Waals surface area contributed by atoms with E-state index in [-0.39, 0.29) is 36.5 Å². The van der Waals surface area contributed by atoms with Crippen LogP contribution >= 0.6 is 35.6 Å². The number of fused-ring (bicyclic) bond motifs is 1. The molecule has 0 spiro atoms. The maximum Gasteiger partial charge on any atom is 0.254 e. The predicted molar refractivity (Wildman–Crippen MR) is 196 cm³/mol. The molecule has 0 radical (unpaired) electrons. The van der Waals surface area contributed by atoms with Crippen molar-refractivity contribution in [3.63, 3.8) is 0 Å². The number of ether oxygens (including phenoxy) is 3. The number of benzene rings is 3. The maximum atomic E-state index is 13.0.